The summed E-state index contributed by atoms with van der Waals surface area (Å²) in [7, 11) is 1.75. The normalized spacial score (nSPS) is 15.3. The van der Waals surface area contributed by atoms with Crippen LogP contribution in [0.25, 0.3) is 11.5 Å². The number of hydrogen-bond donors (Lipinski definition) is 1. The first-order valence-corrected chi connectivity index (χ1v) is 8.63. The Kier molecular flexibility index (Phi) is 4.05. The summed E-state index contributed by atoms with van der Waals surface area (Å²) in [6, 6.07) is 16.7. The standard InChI is InChI=1S/C20H20N4O2/c1-24(16-9-3-2-4-10-16)18(25)15-8-5-7-14(13-15)17-22-19(23-26-17)20(21)11-6-12-20/h2-5,7-10,13H,6,11-12,21H2,1H3. The van der Waals surface area contributed by atoms with Crippen LogP contribution in [0.5, 0.6) is 0 Å². The molecule has 1 aliphatic rings. The number of amides is 1. The van der Waals surface area contributed by atoms with Crippen LogP contribution < -0.4 is 10.6 Å². The minimum atomic E-state index is -0.470. The lowest BCUT2D eigenvalue weighted by molar-refractivity contribution is 0.0993. The number of para-hydroxylation sites is 1. The van der Waals surface area contributed by atoms with Gasteiger partial charge in [-0.1, -0.05) is 29.4 Å². The molecule has 26 heavy (non-hydrogen) atoms. The van der Waals surface area contributed by atoms with Crippen molar-refractivity contribution in [2.75, 3.05) is 11.9 Å². The molecule has 4 rings (SSSR count). The number of nitrogens with zero attached hydrogens (tertiary/aromatic N) is 3. The van der Waals surface area contributed by atoms with Crippen molar-refractivity contribution in [1.29, 1.82) is 0 Å². The van der Waals surface area contributed by atoms with Gasteiger partial charge in [0.25, 0.3) is 11.8 Å². The molecule has 0 atom stereocenters. The molecule has 3 aromatic rings. The molecule has 0 spiro atoms. The van der Waals surface area contributed by atoms with E-state index in [9.17, 15) is 4.79 Å². The molecule has 1 fully saturated rings. The quantitative estimate of drug-likeness (QED) is 0.781. The third-order valence-corrected chi connectivity index (χ3v) is 4.92. The van der Waals surface area contributed by atoms with Gasteiger partial charge in [-0.05, 0) is 49.6 Å². The molecule has 0 bridgehead atoms. The number of aromatic nitrogens is 2. The number of rotatable bonds is 4. The summed E-state index contributed by atoms with van der Waals surface area (Å²) in [5.74, 6) is 0.817. The molecule has 6 heteroatoms. The average molecular weight is 348 g/mol. The van der Waals surface area contributed by atoms with Crippen molar-refractivity contribution in [2.24, 2.45) is 5.73 Å². The number of carbonyl (C=O) groups excluding carboxylic acids is 1. The van der Waals surface area contributed by atoms with Crippen LogP contribution in [0, 0.1) is 0 Å². The molecular formula is C20H20N4O2. The Bertz CT molecular complexity index is 932. The number of hydrogen-bond acceptors (Lipinski definition) is 5. The van der Waals surface area contributed by atoms with Gasteiger partial charge in [0, 0.05) is 23.9 Å². The molecule has 0 radical (unpaired) electrons. The summed E-state index contributed by atoms with van der Waals surface area (Å²) >= 11 is 0. The number of nitrogens with two attached hydrogens (primary N) is 1. The zero-order chi connectivity index (χ0) is 18.1. The van der Waals surface area contributed by atoms with Crippen molar-refractivity contribution >= 4 is 11.6 Å². The molecule has 1 aromatic heterocycles. The third-order valence-electron chi connectivity index (χ3n) is 4.92. The van der Waals surface area contributed by atoms with Crippen LogP contribution in [-0.2, 0) is 5.54 Å². The zero-order valence-electron chi connectivity index (χ0n) is 14.6. The molecule has 0 saturated heterocycles. The average Bonchev–Trinajstić information content (AvgIpc) is 3.16. The lowest BCUT2D eigenvalue weighted by Crippen LogP contribution is -2.44. The highest BCUT2D eigenvalue weighted by Gasteiger charge is 2.39. The largest absolute Gasteiger partial charge is 0.334 e. The molecule has 0 aliphatic heterocycles. The monoisotopic (exact) mass is 348 g/mol. The van der Waals surface area contributed by atoms with Gasteiger partial charge >= 0.3 is 0 Å². The summed E-state index contributed by atoms with van der Waals surface area (Å²) in [5.41, 5.74) is 7.88. The second-order valence-electron chi connectivity index (χ2n) is 6.71. The first-order valence-electron chi connectivity index (χ1n) is 8.63. The molecule has 0 unspecified atom stereocenters. The SMILES string of the molecule is CN(C(=O)c1cccc(-c2nc(C3(N)CCC3)no2)c1)c1ccccc1. The Labute approximate surface area is 151 Å². The van der Waals surface area contributed by atoms with Crippen molar-refractivity contribution in [3.8, 4) is 11.5 Å². The van der Waals surface area contributed by atoms with Crippen LogP contribution in [0.4, 0.5) is 5.69 Å². The van der Waals surface area contributed by atoms with Crippen molar-refractivity contribution in [1.82, 2.24) is 10.1 Å². The van der Waals surface area contributed by atoms with Gasteiger partial charge in [-0.25, -0.2) is 0 Å². The van der Waals surface area contributed by atoms with Crippen LogP contribution >= 0.6 is 0 Å². The van der Waals surface area contributed by atoms with E-state index in [0.717, 1.165) is 24.9 Å². The van der Waals surface area contributed by atoms with Crippen LogP contribution in [0.15, 0.2) is 59.1 Å². The fourth-order valence-electron chi connectivity index (χ4n) is 3.07. The number of benzene rings is 2. The predicted octanol–water partition coefficient (Wildman–Crippen LogP) is 3.35. The predicted molar refractivity (Wildman–Crippen MR) is 98.6 cm³/mol. The van der Waals surface area contributed by atoms with Gasteiger partial charge in [0.05, 0.1) is 5.54 Å². The molecule has 1 saturated carbocycles. The maximum atomic E-state index is 12.8. The Morgan fingerprint density at radius 2 is 1.92 bits per heavy atom. The number of carbonyl (C=O) groups is 1. The van der Waals surface area contributed by atoms with Gasteiger partial charge in [-0.15, -0.1) is 0 Å². The highest BCUT2D eigenvalue weighted by atomic mass is 16.5. The van der Waals surface area contributed by atoms with Crippen LogP contribution in [-0.4, -0.2) is 23.1 Å². The fourth-order valence-corrected chi connectivity index (χ4v) is 3.07. The Morgan fingerprint density at radius 3 is 2.62 bits per heavy atom. The van der Waals surface area contributed by atoms with Gasteiger partial charge in [0.2, 0.25) is 0 Å². The van der Waals surface area contributed by atoms with E-state index in [1.54, 1.807) is 24.1 Å². The van der Waals surface area contributed by atoms with Gasteiger partial charge in [0.1, 0.15) is 0 Å². The van der Waals surface area contributed by atoms with Crippen molar-refractivity contribution < 1.29 is 9.32 Å². The van der Waals surface area contributed by atoms with Crippen molar-refractivity contribution in [3.63, 3.8) is 0 Å². The van der Waals surface area contributed by atoms with E-state index in [0.29, 0.717) is 22.8 Å². The van der Waals surface area contributed by atoms with E-state index in [4.69, 9.17) is 10.3 Å². The summed E-state index contributed by atoms with van der Waals surface area (Å²) in [6.45, 7) is 0. The molecule has 132 valence electrons. The van der Waals surface area contributed by atoms with Gasteiger partial charge in [-0.3, -0.25) is 4.79 Å². The fraction of sp³-hybridized carbons (Fsp3) is 0.250. The topological polar surface area (TPSA) is 85.2 Å². The Hall–Kier alpha value is -2.99. The highest BCUT2D eigenvalue weighted by Crippen LogP contribution is 2.37. The summed E-state index contributed by atoms with van der Waals surface area (Å²) < 4.78 is 5.39. The van der Waals surface area contributed by atoms with E-state index in [1.807, 2.05) is 42.5 Å². The number of anilines is 1. The smallest absolute Gasteiger partial charge is 0.258 e. The van der Waals surface area contributed by atoms with Crippen LogP contribution in [0.1, 0.15) is 35.4 Å². The van der Waals surface area contributed by atoms with Gasteiger partial charge in [0.15, 0.2) is 5.82 Å². The van der Waals surface area contributed by atoms with Crippen LogP contribution in [0.3, 0.4) is 0 Å². The molecule has 1 amide bonds. The van der Waals surface area contributed by atoms with E-state index >= 15 is 0 Å². The van der Waals surface area contributed by atoms with Crippen LogP contribution in [0.2, 0.25) is 0 Å². The summed E-state index contributed by atoms with van der Waals surface area (Å²) in [5, 5.41) is 4.04. The van der Waals surface area contributed by atoms with Crippen molar-refractivity contribution in [2.45, 2.75) is 24.8 Å². The first-order chi connectivity index (χ1) is 12.6. The first kappa shape index (κ1) is 16.5. The van der Waals surface area contributed by atoms with Gasteiger partial charge in [-0.2, -0.15) is 4.98 Å². The maximum Gasteiger partial charge on any atom is 0.258 e. The Morgan fingerprint density at radius 1 is 1.15 bits per heavy atom. The maximum absolute atomic E-state index is 12.8. The van der Waals surface area contributed by atoms with E-state index in [2.05, 4.69) is 10.1 Å². The molecule has 2 N–H and O–H groups in total. The summed E-state index contributed by atoms with van der Waals surface area (Å²) in [4.78, 5) is 18.9. The second kappa shape index (κ2) is 6.38. The molecule has 2 aromatic carbocycles. The molecular weight excluding hydrogens is 328 g/mol. The minimum Gasteiger partial charge on any atom is -0.334 e. The molecule has 6 nitrogen and oxygen atoms in total. The third kappa shape index (κ3) is 2.88. The lowest BCUT2D eigenvalue weighted by Gasteiger charge is -2.34. The lowest BCUT2D eigenvalue weighted by atomic mass is 9.77. The summed E-state index contributed by atoms with van der Waals surface area (Å²) in [6.07, 6.45) is 2.81. The van der Waals surface area contributed by atoms with Gasteiger partial charge < -0.3 is 15.2 Å². The Balaban J connectivity index is 1.60. The van der Waals surface area contributed by atoms with E-state index < -0.39 is 5.54 Å². The second-order valence-corrected chi connectivity index (χ2v) is 6.71. The zero-order valence-corrected chi connectivity index (χ0v) is 14.6. The van der Waals surface area contributed by atoms with Crippen molar-refractivity contribution in [3.05, 3.63) is 66.0 Å². The molecule has 1 aliphatic carbocycles. The molecule has 1 heterocycles. The van der Waals surface area contributed by atoms with E-state index in [1.165, 1.54) is 0 Å². The minimum absolute atomic E-state index is 0.105. The van der Waals surface area contributed by atoms with E-state index in [-0.39, 0.29) is 5.91 Å². The highest BCUT2D eigenvalue weighted by molar-refractivity contribution is 6.06.